The van der Waals surface area contributed by atoms with Crippen molar-refractivity contribution < 1.29 is 13.2 Å². The van der Waals surface area contributed by atoms with Crippen molar-refractivity contribution in [3.8, 4) is 5.75 Å². The largest absolute Gasteiger partial charge is 0.497 e. The van der Waals surface area contributed by atoms with Crippen molar-refractivity contribution in [1.29, 1.82) is 0 Å². The average Bonchev–Trinajstić information content (AvgIpc) is 2.47. The maximum atomic E-state index is 11.6. The molecule has 1 rings (SSSR count). The van der Waals surface area contributed by atoms with Crippen LogP contribution in [0.3, 0.4) is 0 Å². The number of hydrogen-bond donors (Lipinski definition) is 1. The number of hydrogen-bond acceptors (Lipinski definition) is 4. The van der Waals surface area contributed by atoms with Gasteiger partial charge < -0.3 is 10.1 Å². The molecule has 1 N–H and O–H groups in total. The molecule has 0 aromatic heterocycles. The molecule has 0 aliphatic carbocycles. The highest BCUT2D eigenvalue weighted by atomic mass is 79.9. The van der Waals surface area contributed by atoms with Crippen LogP contribution < -0.4 is 10.1 Å². The number of benzene rings is 1. The molecule has 1 aromatic rings. The lowest BCUT2D eigenvalue weighted by Gasteiger charge is -2.20. The molecule has 0 aliphatic rings. The van der Waals surface area contributed by atoms with Crippen LogP contribution in [0, 0.1) is 0 Å². The molecule has 0 amide bonds. The molecule has 0 spiro atoms. The molecule has 1 atom stereocenters. The molecule has 0 fully saturated rings. The van der Waals surface area contributed by atoms with Crippen LogP contribution in [-0.2, 0) is 9.84 Å². The predicted molar refractivity (Wildman–Crippen MR) is 90.7 cm³/mol. The van der Waals surface area contributed by atoms with Crippen molar-refractivity contribution in [2.45, 2.75) is 32.7 Å². The summed E-state index contributed by atoms with van der Waals surface area (Å²) in [4.78, 5) is 0. The fraction of sp³-hybridized carbons (Fsp3) is 0.600. The number of rotatable bonds is 9. The van der Waals surface area contributed by atoms with Crippen LogP contribution in [0.5, 0.6) is 5.75 Å². The third kappa shape index (κ3) is 5.96. The van der Waals surface area contributed by atoms with Crippen molar-refractivity contribution in [1.82, 2.24) is 5.32 Å². The minimum absolute atomic E-state index is 0.117. The summed E-state index contributed by atoms with van der Waals surface area (Å²) < 4.78 is 29.5. The second kappa shape index (κ2) is 8.76. The van der Waals surface area contributed by atoms with E-state index in [2.05, 4.69) is 21.2 Å². The summed E-state index contributed by atoms with van der Waals surface area (Å²) in [6.45, 7) is 4.56. The summed E-state index contributed by atoms with van der Waals surface area (Å²) in [7, 11) is -1.26. The standard InChI is InChI=1S/C15H24BrNO3S/c1-4-17-15(7-6-10-21(18,19)5-2)13-11-12(20-3)8-9-14(13)16/h8-9,11,15,17H,4-7,10H2,1-3H3. The first-order valence-corrected chi connectivity index (χ1v) is 9.82. The van der Waals surface area contributed by atoms with Crippen LogP contribution in [0.25, 0.3) is 0 Å². The van der Waals surface area contributed by atoms with Crippen LogP contribution >= 0.6 is 15.9 Å². The van der Waals surface area contributed by atoms with Gasteiger partial charge in [0.15, 0.2) is 0 Å². The average molecular weight is 378 g/mol. The van der Waals surface area contributed by atoms with E-state index >= 15 is 0 Å². The van der Waals surface area contributed by atoms with E-state index in [0.717, 1.165) is 28.8 Å². The van der Waals surface area contributed by atoms with Crippen molar-refractivity contribution in [2.75, 3.05) is 25.2 Å². The van der Waals surface area contributed by atoms with Gasteiger partial charge >= 0.3 is 0 Å². The van der Waals surface area contributed by atoms with Gasteiger partial charge in [-0.05, 0) is 43.1 Å². The van der Waals surface area contributed by atoms with Gasteiger partial charge in [0.25, 0.3) is 0 Å². The number of methoxy groups -OCH3 is 1. The number of halogens is 1. The lowest BCUT2D eigenvalue weighted by Crippen LogP contribution is -2.22. The zero-order valence-electron chi connectivity index (χ0n) is 12.9. The summed E-state index contributed by atoms with van der Waals surface area (Å²) in [5.41, 5.74) is 1.10. The SMILES string of the molecule is CCNC(CCCS(=O)(=O)CC)c1cc(OC)ccc1Br. The third-order valence-corrected chi connectivity index (χ3v) is 5.93. The summed E-state index contributed by atoms with van der Waals surface area (Å²) in [6.07, 6.45) is 1.43. The molecule has 0 saturated heterocycles. The lowest BCUT2D eigenvalue weighted by atomic mass is 10.0. The Morgan fingerprint density at radius 3 is 2.62 bits per heavy atom. The van der Waals surface area contributed by atoms with Gasteiger partial charge in [0.2, 0.25) is 0 Å². The van der Waals surface area contributed by atoms with Crippen molar-refractivity contribution >= 4 is 25.8 Å². The Morgan fingerprint density at radius 2 is 2.05 bits per heavy atom. The predicted octanol–water partition coefficient (Wildman–Crippen LogP) is 3.32. The minimum Gasteiger partial charge on any atom is -0.497 e. The van der Waals surface area contributed by atoms with Gasteiger partial charge in [-0.2, -0.15) is 0 Å². The molecule has 4 nitrogen and oxygen atoms in total. The van der Waals surface area contributed by atoms with E-state index < -0.39 is 9.84 Å². The number of nitrogens with one attached hydrogen (secondary N) is 1. The molecule has 0 radical (unpaired) electrons. The zero-order valence-corrected chi connectivity index (χ0v) is 15.3. The van der Waals surface area contributed by atoms with E-state index in [9.17, 15) is 8.42 Å². The molecule has 120 valence electrons. The van der Waals surface area contributed by atoms with Gasteiger partial charge in [0.05, 0.1) is 12.9 Å². The molecule has 0 aliphatic heterocycles. The second-order valence-corrected chi connectivity index (χ2v) is 8.20. The van der Waals surface area contributed by atoms with Crippen molar-refractivity contribution in [3.63, 3.8) is 0 Å². The molecule has 21 heavy (non-hydrogen) atoms. The second-order valence-electron chi connectivity index (χ2n) is 4.88. The van der Waals surface area contributed by atoms with E-state index in [-0.39, 0.29) is 17.5 Å². The first-order chi connectivity index (χ1) is 9.93. The highest BCUT2D eigenvalue weighted by Gasteiger charge is 2.16. The number of ether oxygens (including phenoxy) is 1. The molecule has 6 heteroatoms. The highest BCUT2D eigenvalue weighted by molar-refractivity contribution is 9.10. The Bertz CT molecular complexity index is 546. The Balaban J connectivity index is 2.81. The molecule has 0 bridgehead atoms. The maximum Gasteiger partial charge on any atom is 0.150 e. The van der Waals surface area contributed by atoms with Crippen LogP contribution in [0.2, 0.25) is 0 Å². The van der Waals surface area contributed by atoms with Crippen LogP contribution in [-0.4, -0.2) is 33.6 Å². The summed E-state index contributed by atoms with van der Waals surface area (Å²) >= 11 is 3.56. The Labute approximate surface area is 136 Å². The molecule has 1 aromatic carbocycles. The molecule has 0 saturated carbocycles. The van der Waals surface area contributed by atoms with Crippen LogP contribution in [0.15, 0.2) is 22.7 Å². The number of sulfone groups is 1. The molecule has 1 unspecified atom stereocenters. The van der Waals surface area contributed by atoms with Crippen LogP contribution in [0.4, 0.5) is 0 Å². The van der Waals surface area contributed by atoms with Gasteiger partial charge in [-0.15, -0.1) is 0 Å². The summed E-state index contributed by atoms with van der Waals surface area (Å²) in [6, 6.07) is 5.97. The van der Waals surface area contributed by atoms with E-state index in [1.807, 2.05) is 25.1 Å². The molecular weight excluding hydrogens is 354 g/mol. The molecule has 0 heterocycles. The van der Waals surface area contributed by atoms with E-state index in [4.69, 9.17) is 4.74 Å². The minimum atomic E-state index is -2.90. The summed E-state index contributed by atoms with van der Waals surface area (Å²) in [5, 5.41) is 3.41. The van der Waals surface area contributed by atoms with Gasteiger partial charge in [0, 0.05) is 16.3 Å². The van der Waals surface area contributed by atoms with E-state index in [0.29, 0.717) is 6.42 Å². The van der Waals surface area contributed by atoms with E-state index in [1.165, 1.54) is 0 Å². The van der Waals surface area contributed by atoms with Gasteiger partial charge in [-0.25, -0.2) is 8.42 Å². The first kappa shape index (κ1) is 18.5. The fourth-order valence-corrected chi connectivity index (χ4v) is 3.60. The monoisotopic (exact) mass is 377 g/mol. The van der Waals surface area contributed by atoms with E-state index in [1.54, 1.807) is 14.0 Å². The maximum absolute atomic E-state index is 11.6. The fourth-order valence-electron chi connectivity index (χ4n) is 2.18. The van der Waals surface area contributed by atoms with Crippen LogP contribution in [0.1, 0.15) is 38.3 Å². The Morgan fingerprint density at radius 1 is 1.33 bits per heavy atom. The highest BCUT2D eigenvalue weighted by Crippen LogP contribution is 2.30. The van der Waals surface area contributed by atoms with Crippen molar-refractivity contribution in [2.24, 2.45) is 0 Å². The smallest absolute Gasteiger partial charge is 0.150 e. The van der Waals surface area contributed by atoms with Gasteiger partial charge in [0.1, 0.15) is 15.6 Å². The van der Waals surface area contributed by atoms with Gasteiger partial charge in [-0.1, -0.05) is 29.8 Å². The third-order valence-electron chi connectivity index (χ3n) is 3.42. The molecular formula is C15H24BrNO3S. The van der Waals surface area contributed by atoms with Crippen molar-refractivity contribution in [3.05, 3.63) is 28.2 Å². The lowest BCUT2D eigenvalue weighted by molar-refractivity contribution is 0.412. The Kier molecular flexibility index (Phi) is 7.70. The normalized spacial score (nSPS) is 13.1. The Hall–Kier alpha value is -0.590. The zero-order chi connectivity index (χ0) is 15.9. The summed E-state index contributed by atoms with van der Waals surface area (Å²) in [5.74, 6) is 1.26. The quantitative estimate of drug-likeness (QED) is 0.716. The topological polar surface area (TPSA) is 55.4 Å². The van der Waals surface area contributed by atoms with Gasteiger partial charge in [-0.3, -0.25) is 0 Å². The first-order valence-electron chi connectivity index (χ1n) is 7.20.